The normalized spacial score (nSPS) is 12.9. The number of carboxylic acids is 1. The fourth-order valence-electron chi connectivity index (χ4n) is 1.47. The van der Waals surface area contributed by atoms with E-state index >= 15 is 0 Å². The zero-order valence-electron chi connectivity index (χ0n) is 14.4. The minimum absolute atomic E-state index is 0.0772. The third kappa shape index (κ3) is 12.3. The molecule has 1 rings (SSSR count). The van der Waals surface area contributed by atoms with Crippen LogP contribution >= 0.6 is 7.82 Å². The molecule has 0 amide bonds. The number of likely N-dealkylation sites (N-methyl/N-ethyl adjacent to an activating group) is 1. The van der Waals surface area contributed by atoms with E-state index in [0.717, 1.165) is 0 Å². The fraction of sp³-hybridized carbons (Fsp3) is 0.500. The molecule has 0 saturated carbocycles. The van der Waals surface area contributed by atoms with E-state index in [-0.39, 0.29) is 24.5 Å². The lowest BCUT2D eigenvalue weighted by molar-refractivity contribution is -0.870. The Balaban J connectivity index is 0.000000477. The van der Waals surface area contributed by atoms with Gasteiger partial charge in [0.25, 0.3) is 0 Å². The maximum absolute atomic E-state index is 10.4. The molecule has 0 aliphatic carbocycles. The molecule has 1 aromatic rings. The fourth-order valence-corrected chi connectivity index (χ4v) is 1.79. The number of carbonyl (C=O) groups is 1. The van der Waals surface area contributed by atoms with E-state index in [1.54, 1.807) is 0 Å². The van der Waals surface area contributed by atoms with Crippen LogP contribution in [0.2, 0.25) is 0 Å². The minimum atomic E-state index is -4.26. The SMILES string of the molecule is C[N+](C)(C)CCOP(=O)(O)O.NC(Cc1ccc(O)c(O)c1)C(=O)O. The van der Waals surface area contributed by atoms with Crippen LogP contribution in [0.15, 0.2) is 18.2 Å². The van der Waals surface area contributed by atoms with E-state index in [0.29, 0.717) is 16.6 Å². The topological polar surface area (TPSA) is 171 Å². The number of rotatable bonds is 7. The molecule has 10 nitrogen and oxygen atoms in total. The number of hydrogen-bond acceptors (Lipinski definition) is 6. The van der Waals surface area contributed by atoms with Gasteiger partial charge in [0.05, 0.1) is 21.1 Å². The number of aromatic hydroxyl groups is 2. The number of phosphoric acid groups is 1. The Labute approximate surface area is 145 Å². The summed E-state index contributed by atoms with van der Waals surface area (Å²) in [6.45, 7) is 0.652. The minimum Gasteiger partial charge on any atom is -0.504 e. The first-order chi connectivity index (χ1) is 11.2. The Morgan fingerprint density at radius 2 is 1.80 bits per heavy atom. The molecule has 0 spiro atoms. The number of benzene rings is 1. The number of hydrogen-bond donors (Lipinski definition) is 6. The number of carboxylic acid groups (broad SMARTS) is 1. The molecule has 0 aliphatic heterocycles. The molecule has 1 atom stereocenters. The van der Waals surface area contributed by atoms with Crippen LogP contribution in [-0.4, -0.2) is 75.9 Å². The van der Waals surface area contributed by atoms with Crippen LogP contribution in [0.1, 0.15) is 5.56 Å². The predicted octanol–water partition coefficient (Wildman–Crippen LogP) is -0.146. The molecule has 25 heavy (non-hydrogen) atoms. The molecule has 0 saturated heterocycles. The summed E-state index contributed by atoms with van der Waals surface area (Å²) in [5, 5.41) is 26.6. The molecule has 1 aromatic carbocycles. The summed E-state index contributed by atoms with van der Waals surface area (Å²) in [7, 11) is 1.50. The monoisotopic (exact) mass is 381 g/mol. The largest absolute Gasteiger partial charge is 0.504 e. The van der Waals surface area contributed by atoms with E-state index < -0.39 is 19.8 Å². The lowest BCUT2D eigenvalue weighted by atomic mass is 10.1. The van der Waals surface area contributed by atoms with Crippen LogP contribution < -0.4 is 5.73 Å². The van der Waals surface area contributed by atoms with Crippen LogP contribution in [0.4, 0.5) is 0 Å². The zero-order valence-corrected chi connectivity index (χ0v) is 15.3. The van der Waals surface area contributed by atoms with Crippen molar-refractivity contribution in [1.82, 2.24) is 0 Å². The van der Waals surface area contributed by atoms with Gasteiger partial charge in [-0.3, -0.25) is 9.32 Å². The summed E-state index contributed by atoms with van der Waals surface area (Å²) in [6, 6.07) is 3.09. The van der Waals surface area contributed by atoms with Crippen molar-refractivity contribution in [1.29, 1.82) is 0 Å². The predicted molar refractivity (Wildman–Crippen MR) is 90.0 cm³/mol. The van der Waals surface area contributed by atoms with Gasteiger partial charge in [-0.1, -0.05) is 6.07 Å². The van der Waals surface area contributed by atoms with E-state index in [2.05, 4.69) is 4.52 Å². The second-order valence-corrected chi connectivity index (χ2v) is 7.55. The van der Waals surface area contributed by atoms with E-state index in [4.69, 9.17) is 30.8 Å². The Kier molecular flexibility index (Phi) is 9.06. The maximum atomic E-state index is 10.4. The molecule has 0 bridgehead atoms. The molecular formula is C14H26N2O8P+. The molecule has 0 heterocycles. The summed E-state index contributed by atoms with van der Waals surface area (Å²) in [4.78, 5) is 27.0. The van der Waals surface area contributed by atoms with Gasteiger partial charge in [0, 0.05) is 0 Å². The average molecular weight is 381 g/mol. The van der Waals surface area contributed by atoms with Crippen molar-refractivity contribution in [3.8, 4) is 11.5 Å². The van der Waals surface area contributed by atoms with Crippen molar-refractivity contribution in [3.63, 3.8) is 0 Å². The standard InChI is InChI=1S/C9H11NO4.C5H14NO4P/c10-6(9(13)14)3-5-1-2-7(11)8(12)4-5;1-6(2,3)4-5-10-11(7,8)9/h1-2,4,6,11-12H,3,10H2,(H,13,14);4-5H2,1-3H3,(H-,7,8,9)/p+1. The molecule has 0 fully saturated rings. The Morgan fingerprint density at radius 1 is 1.24 bits per heavy atom. The molecule has 7 N–H and O–H groups in total. The van der Waals surface area contributed by atoms with E-state index in [9.17, 15) is 9.36 Å². The summed E-state index contributed by atoms with van der Waals surface area (Å²) in [5.74, 6) is -1.62. The smallest absolute Gasteiger partial charge is 0.469 e. The quantitative estimate of drug-likeness (QED) is 0.213. The average Bonchev–Trinajstić information content (AvgIpc) is 2.40. The number of nitrogens with two attached hydrogens (primary N) is 1. The molecule has 0 aliphatic rings. The zero-order chi connectivity index (χ0) is 19.8. The number of aliphatic carboxylic acids is 1. The van der Waals surface area contributed by atoms with Crippen molar-refractivity contribution < 1.29 is 43.5 Å². The second-order valence-electron chi connectivity index (χ2n) is 6.31. The van der Waals surface area contributed by atoms with Crippen molar-refractivity contribution in [2.45, 2.75) is 12.5 Å². The van der Waals surface area contributed by atoms with Crippen LogP contribution in [0.3, 0.4) is 0 Å². The first-order valence-electron chi connectivity index (χ1n) is 7.21. The van der Waals surface area contributed by atoms with Crippen LogP contribution in [-0.2, 0) is 20.3 Å². The number of phenolic OH excluding ortho intramolecular Hbond substituents is 2. The second kappa shape index (κ2) is 9.71. The van der Waals surface area contributed by atoms with Crippen LogP contribution in [0.25, 0.3) is 0 Å². The van der Waals surface area contributed by atoms with Crippen molar-refractivity contribution in [2.75, 3.05) is 34.3 Å². The highest BCUT2D eigenvalue weighted by Crippen LogP contribution is 2.35. The Morgan fingerprint density at radius 3 is 2.20 bits per heavy atom. The van der Waals surface area contributed by atoms with Crippen LogP contribution in [0.5, 0.6) is 11.5 Å². The lowest BCUT2D eigenvalue weighted by Crippen LogP contribution is -2.37. The molecular weight excluding hydrogens is 355 g/mol. The molecule has 0 radical (unpaired) electrons. The molecule has 0 aromatic heterocycles. The van der Waals surface area contributed by atoms with Gasteiger partial charge in [-0.15, -0.1) is 0 Å². The Hall–Kier alpha value is -1.68. The van der Waals surface area contributed by atoms with Gasteiger partial charge < -0.3 is 35.3 Å². The molecule has 1 unspecified atom stereocenters. The van der Waals surface area contributed by atoms with Gasteiger partial charge in [-0.2, -0.15) is 0 Å². The summed E-state index contributed by atoms with van der Waals surface area (Å²) in [6.07, 6.45) is 0.114. The van der Waals surface area contributed by atoms with Gasteiger partial charge in [-0.05, 0) is 24.1 Å². The van der Waals surface area contributed by atoms with E-state index in [1.807, 2.05) is 21.1 Å². The first kappa shape index (κ1) is 23.3. The van der Waals surface area contributed by atoms with Gasteiger partial charge >= 0.3 is 13.8 Å². The highest BCUT2D eigenvalue weighted by atomic mass is 31.2. The van der Waals surface area contributed by atoms with Gasteiger partial charge in [-0.25, -0.2) is 4.57 Å². The molecule has 11 heteroatoms. The summed E-state index contributed by atoms with van der Waals surface area (Å²) >= 11 is 0. The number of nitrogens with zero attached hydrogens (tertiary/aromatic N) is 1. The van der Waals surface area contributed by atoms with Crippen molar-refractivity contribution >= 4 is 13.8 Å². The number of phenols is 2. The highest BCUT2D eigenvalue weighted by Gasteiger charge is 2.16. The Bertz CT molecular complexity index is 611. The first-order valence-corrected chi connectivity index (χ1v) is 8.74. The van der Waals surface area contributed by atoms with Gasteiger partial charge in [0.15, 0.2) is 11.5 Å². The maximum Gasteiger partial charge on any atom is 0.469 e. The third-order valence-electron chi connectivity index (χ3n) is 2.83. The lowest BCUT2D eigenvalue weighted by Gasteiger charge is -2.23. The summed E-state index contributed by atoms with van der Waals surface area (Å²) < 4.78 is 15.1. The highest BCUT2D eigenvalue weighted by molar-refractivity contribution is 7.46. The number of quaternary nitrogens is 1. The third-order valence-corrected chi connectivity index (χ3v) is 3.35. The molecule has 144 valence electrons. The van der Waals surface area contributed by atoms with Crippen molar-refractivity contribution in [2.24, 2.45) is 5.73 Å². The van der Waals surface area contributed by atoms with Crippen LogP contribution in [0, 0.1) is 0 Å². The van der Waals surface area contributed by atoms with Crippen molar-refractivity contribution in [3.05, 3.63) is 23.8 Å². The van der Waals surface area contributed by atoms with E-state index in [1.165, 1.54) is 18.2 Å². The van der Waals surface area contributed by atoms with Gasteiger partial charge in [0.2, 0.25) is 0 Å². The number of phosphoric ester groups is 1. The summed E-state index contributed by atoms with van der Waals surface area (Å²) in [5.41, 5.74) is 5.86. The van der Waals surface area contributed by atoms with Gasteiger partial charge in [0.1, 0.15) is 19.2 Å².